The maximum absolute atomic E-state index is 11.4. The number of Topliss-reactive ketones (excluding diaryl/α,β-unsaturated/α-hetero) is 1. The molecule has 2 heteroatoms. The van der Waals surface area contributed by atoms with Crippen molar-refractivity contribution in [1.29, 1.82) is 0 Å². The molecule has 2 aromatic carbocycles. The topological polar surface area (TPSA) is 17.1 Å². The Morgan fingerprint density at radius 3 is 2.16 bits per heavy atom. The van der Waals surface area contributed by atoms with Crippen LogP contribution in [0.2, 0.25) is 0 Å². The minimum atomic E-state index is 0.245. The van der Waals surface area contributed by atoms with Gasteiger partial charge in [-0.15, -0.1) is 11.8 Å². The monoisotopic (exact) mass is 270 g/mol. The van der Waals surface area contributed by atoms with Crippen molar-refractivity contribution in [1.82, 2.24) is 0 Å². The summed E-state index contributed by atoms with van der Waals surface area (Å²) in [7, 11) is 0. The van der Waals surface area contributed by atoms with E-state index < -0.39 is 0 Å². The van der Waals surface area contributed by atoms with Crippen LogP contribution in [-0.4, -0.2) is 5.78 Å². The van der Waals surface area contributed by atoms with Crippen molar-refractivity contribution in [2.75, 3.05) is 0 Å². The fourth-order valence-corrected chi connectivity index (χ4v) is 3.26. The van der Waals surface area contributed by atoms with Gasteiger partial charge in [0.1, 0.15) is 5.78 Å². The van der Waals surface area contributed by atoms with Crippen molar-refractivity contribution < 1.29 is 4.79 Å². The zero-order chi connectivity index (χ0) is 13.5. The molecule has 0 saturated heterocycles. The molecule has 0 aromatic heterocycles. The van der Waals surface area contributed by atoms with Crippen molar-refractivity contribution in [3.63, 3.8) is 0 Å². The quantitative estimate of drug-likeness (QED) is 0.760. The molecule has 0 saturated carbocycles. The summed E-state index contributed by atoms with van der Waals surface area (Å²) in [6.45, 7) is 1.67. The third kappa shape index (κ3) is 4.56. The lowest BCUT2D eigenvalue weighted by molar-refractivity contribution is -0.117. The lowest BCUT2D eigenvalue weighted by Crippen LogP contribution is -2.01. The number of rotatable bonds is 6. The SMILES string of the molecule is CC(=O)CC(SCc1ccccc1)c1ccccc1. The van der Waals surface area contributed by atoms with E-state index in [1.807, 2.05) is 36.0 Å². The van der Waals surface area contributed by atoms with Gasteiger partial charge < -0.3 is 0 Å². The molecule has 0 aliphatic heterocycles. The molecule has 0 amide bonds. The number of thioether (sulfide) groups is 1. The fraction of sp³-hybridized carbons (Fsp3) is 0.235. The minimum absolute atomic E-state index is 0.245. The largest absolute Gasteiger partial charge is 0.300 e. The van der Waals surface area contributed by atoms with Crippen LogP contribution in [0.5, 0.6) is 0 Å². The second-order valence-electron chi connectivity index (χ2n) is 4.60. The van der Waals surface area contributed by atoms with Gasteiger partial charge in [0.15, 0.2) is 0 Å². The molecule has 0 heterocycles. The summed E-state index contributed by atoms with van der Waals surface area (Å²) < 4.78 is 0. The summed E-state index contributed by atoms with van der Waals surface area (Å²) in [5.41, 5.74) is 2.54. The maximum Gasteiger partial charge on any atom is 0.131 e. The fourth-order valence-electron chi connectivity index (χ4n) is 1.97. The third-order valence-corrected chi connectivity index (χ3v) is 4.28. The van der Waals surface area contributed by atoms with Crippen molar-refractivity contribution >= 4 is 17.5 Å². The number of carbonyl (C=O) groups excluding carboxylic acids is 1. The Morgan fingerprint density at radius 1 is 1.00 bits per heavy atom. The standard InChI is InChI=1S/C17H18OS/c1-14(18)12-17(16-10-6-3-7-11-16)19-13-15-8-4-2-5-9-15/h2-11,17H,12-13H2,1H3. The highest BCUT2D eigenvalue weighted by atomic mass is 32.2. The molecule has 0 aliphatic carbocycles. The molecule has 2 rings (SSSR count). The van der Waals surface area contributed by atoms with Crippen LogP contribution in [0.1, 0.15) is 29.7 Å². The number of carbonyl (C=O) groups is 1. The molecule has 0 radical (unpaired) electrons. The summed E-state index contributed by atoms with van der Waals surface area (Å²) in [6.07, 6.45) is 0.599. The van der Waals surface area contributed by atoms with E-state index in [1.165, 1.54) is 11.1 Å². The van der Waals surface area contributed by atoms with Gasteiger partial charge in [-0.3, -0.25) is 4.79 Å². The van der Waals surface area contributed by atoms with E-state index in [-0.39, 0.29) is 11.0 Å². The molecular formula is C17H18OS. The minimum Gasteiger partial charge on any atom is -0.300 e. The Balaban J connectivity index is 2.04. The smallest absolute Gasteiger partial charge is 0.131 e. The third-order valence-electron chi connectivity index (χ3n) is 2.94. The van der Waals surface area contributed by atoms with Gasteiger partial charge in [-0.25, -0.2) is 0 Å². The molecule has 0 spiro atoms. The van der Waals surface area contributed by atoms with Crippen LogP contribution in [0, 0.1) is 0 Å². The average molecular weight is 270 g/mol. The molecular weight excluding hydrogens is 252 g/mol. The van der Waals surface area contributed by atoms with Crippen LogP contribution in [0.4, 0.5) is 0 Å². The first-order chi connectivity index (χ1) is 9.25. The van der Waals surface area contributed by atoms with Crippen molar-refractivity contribution in [2.24, 2.45) is 0 Å². The van der Waals surface area contributed by atoms with Gasteiger partial charge in [0.05, 0.1) is 0 Å². The molecule has 0 fully saturated rings. The molecule has 0 aliphatic rings. The van der Waals surface area contributed by atoms with E-state index in [0.29, 0.717) is 6.42 Å². The summed E-state index contributed by atoms with van der Waals surface area (Å²) in [6, 6.07) is 20.7. The first-order valence-electron chi connectivity index (χ1n) is 6.45. The molecule has 1 atom stereocenters. The lowest BCUT2D eigenvalue weighted by Gasteiger charge is -2.15. The van der Waals surface area contributed by atoms with Gasteiger partial charge in [-0.05, 0) is 18.1 Å². The Morgan fingerprint density at radius 2 is 1.58 bits per heavy atom. The average Bonchev–Trinajstić information content (AvgIpc) is 2.45. The van der Waals surface area contributed by atoms with Crippen molar-refractivity contribution in [3.8, 4) is 0 Å². The van der Waals surface area contributed by atoms with Crippen LogP contribution in [-0.2, 0) is 10.5 Å². The Kier molecular flexibility index (Phi) is 5.22. The zero-order valence-corrected chi connectivity index (χ0v) is 11.9. The van der Waals surface area contributed by atoms with E-state index in [2.05, 4.69) is 36.4 Å². The number of hydrogen-bond acceptors (Lipinski definition) is 2. The van der Waals surface area contributed by atoms with Crippen LogP contribution < -0.4 is 0 Å². The van der Waals surface area contributed by atoms with Crippen molar-refractivity contribution in [3.05, 3.63) is 71.8 Å². The Labute approximate surface area is 119 Å². The number of hydrogen-bond donors (Lipinski definition) is 0. The van der Waals surface area contributed by atoms with E-state index in [0.717, 1.165) is 5.75 Å². The highest BCUT2D eigenvalue weighted by Gasteiger charge is 2.14. The summed E-state index contributed by atoms with van der Waals surface area (Å²) >= 11 is 1.84. The second-order valence-corrected chi connectivity index (χ2v) is 5.79. The van der Waals surface area contributed by atoms with Gasteiger partial charge in [0.2, 0.25) is 0 Å². The van der Waals surface area contributed by atoms with Crippen LogP contribution in [0.15, 0.2) is 60.7 Å². The Bertz CT molecular complexity index is 507. The molecule has 98 valence electrons. The summed E-state index contributed by atoms with van der Waals surface area (Å²) in [5, 5.41) is 0.249. The predicted molar refractivity (Wildman–Crippen MR) is 82.2 cm³/mol. The van der Waals surface area contributed by atoms with E-state index >= 15 is 0 Å². The second kappa shape index (κ2) is 7.15. The van der Waals surface area contributed by atoms with Gasteiger partial charge in [-0.1, -0.05) is 60.7 Å². The summed E-state index contributed by atoms with van der Waals surface area (Å²) in [4.78, 5) is 11.4. The van der Waals surface area contributed by atoms with E-state index in [9.17, 15) is 4.79 Å². The molecule has 0 N–H and O–H groups in total. The first-order valence-corrected chi connectivity index (χ1v) is 7.50. The number of benzene rings is 2. The van der Waals surface area contributed by atoms with Crippen LogP contribution in [0.3, 0.4) is 0 Å². The molecule has 1 nitrogen and oxygen atoms in total. The first kappa shape index (κ1) is 13.9. The molecule has 0 bridgehead atoms. The number of ketones is 1. The van der Waals surface area contributed by atoms with Crippen LogP contribution >= 0.6 is 11.8 Å². The van der Waals surface area contributed by atoms with Gasteiger partial charge >= 0.3 is 0 Å². The highest BCUT2D eigenvalue weighted by molar-refractivity contribution is 7.98. The predicted octanol–water partition coefficient (Wildman–Crippen LogP) is 4.64. The Hall–Kier alpha value is -1.54. The molecule has 1 unspecified atom stereocenters. The maximum atomic E-state index is 11.4. The normalized spacial score (nSPS) is 12.1. The highest BCUT2D eigenvalue weighted by Crippen LogP contribution is 2.34. The lowest BCUT2D eigenvalue weighted by atomic mass is 10.1. The van der Waals surface area contributed by atoms with E-state index in [4.69, 9.17) is 0 Å². The van der Waals surface area contributed by atoms with E-state index in [1.54, 1.807) is 6.92 Å². The van der Waals surface area contributed by atoms with Gasteiger partial charge in [0, 0.05) is 17.4 Å². The summed E-state index contributed by atoms with van der Waals surface area (Å²) in [5.74, 6) is 1.18. The zero-order valence-electron chi connectivity index (χ0n) is 11.1. The van der Waals surface area contributed by atoms with Crippen molar-refractivity contribution in [2.45, 2.75) is 24.3 Å². The molecule has 19 heavy (non-hydrogen) atoms. The van der Waals surface area contributed by atoms with Gasteiger partial charge in [-0.2, -0.15) is 0 Å². The van der Waals surface area contributed by atoms with Gasteiger partial charge in [0.25, 0.3) is 0 Å². The molecule has 2 aromatic rings. The van der Waals surface area contributed by atoms with Crippen LogP contribution in [0.25, 0.3) is 0 Å².